The van der Waals surface area contributed by atoms with Gasteiger partial charge in [0.1, 0.15) is 0 Å². The van der Waals surface area contributed by atoms with Crippen LogP contribution in [-0.2, 0) is 10.2 Å². The maximum absolute atomic E-state index is 11.7. The fourth-order valence-electron chi connectivity index (χ4n) is 3.28. The molecule has 1 fully saturated rings. The number of halogens is 1. The molecule has 0 unspecified atom stereocenters. The molecule has 1 aliphatic rings. The molecule has 2 rings (SSSR count). The minimum Gasteiger partial charge on any atom is -0.481 e. The maximum atomic E-state index is 11.7. The first-order chi connectivity index (χ1) is 8.49. The molecule has 0 aliphatic heterocycles. The Bertz CT molecular complexity index is 455. The Labute approximate surface area is 113 Å². The van der Waals surface area contributed by atoms with E-state index in [1.165, 1.54) is 0 Å². The summed E-state index contributed by atoms with van der Waals surface area (Å²) >= 11 is 6.18. The lowest BCUT2D eigenvalue weighted by atomic mass is 9.48. The van der Waals surface area contributed by atoms with Gasteiger partial charge in [0, 0.05) is 5.02 Å². The molecule has 1 aromatic rings. The second-order valence-corrected chi connectivity index (χ2v) is 5.83. The van der Waals surface area contributed by atoms with Crippen molar-refractivity contribution in [2.24, 2.45) is 5.41 Å². The quantitative estimate of drug-likeness (QED) is 0.884. The fourth-order valence-corrected chi connectivity index (χ4v) is 3.60. The van der Waals surface area contributed by atoms with Gasteiger partial charge in [-0.2, -0.15) is 0 Å². The predicted octanol–water partition coefficient (Wildman–Crippen LogP) is 4.26. The van der Waals surface area contributed by atoms with Crippen molar-refractivity contribution in [1.29, 1.82) is 0 Å². The number of aliphatic carboxylic acids is 1. The van der Waals surface area contributed by atoms with Crippen molar-refractivity contribution in [2.45, 2.75) is 44.9 Å². The highest BCUT2D eigenvalue weighted by Crippen LogP contribution is 2.60. The first kappa shape index (κ1) is 13.4. The summed E-state index contributed by atoms with van der Waals surface area (Å²) in [5, 5.41) is 10.2. The SMILES string of the molecule is CCC1(CC)CC(C(=O)O)(c2ccccc2Cl)C1. The van der Waals surface area contributed by atoms with E-state index in [2.05, 4.69) is 13.8 Å². The molecular weight excluding hydrogens is 248 g/mol. The van der Waals surface area contributed by atoms with Crippen molar-refractivity contribution in [3.05, 3.63) is 34.9 Å². The maximum Gasteiger partial charge on any atom is 0.314 e. The van der Waals surface area contributed by atoms with Crippen LogP contribution in [0, 0.1) is 5.41 Å². The number of hydrogen-bond acceptors (Lipinski definition) is 1. The summed E-state index contributed by atoms with van der Waals surface area (Å²) in [7, 11) is 0. The Morgan fingerprint density at radius 3 is 2.28 bits per heavy atom. The zero-order chi connectivity index (χ0) is 13.4. The van der Waals surface area contributed by atoms with E-state index in [0.29, 0.717) is 17.9 Å². The molecule has 3 heteroatoms. The van der Waals surface area contributed by atoms with Gasteiger partial charge in [-0.25, -0.2) is 0 Å². The van der Waals surface area contributed by atoms with Crippen LogP contribution in [0.25, 0.3) is 0 Å². The normalized spacial score (nSPS) is 20.2. The van der Waals surface area contributed by atoms with Crippen LogP contribution in [0.3, 0.4) is 0 Å². The first-order valence-corrected chi connectivity index (χ1v) is 6.86. The van der Waals surface area contributed by atoms with Gasteiger partial charge in [0.2, 0.25) is 0 Å². The van der Waals surface area contributed by atoms with Gasteiger partial charge in [0.25, 0.3) is 0 Å². The second kappa shape index (κ2) is 4.58. The summed E-state index contributed by atoms with van der Waals surface area (Å²) in [6.07, 6.45) is 3.46. The Morgan fingerprint density at radius 1 is 1.28 bits per heavy atom. The average Bonchev–Trinajstić information content (AvgIpc) is 2.31. The third-order valence-corrected chi connectivity index (χ3v) is 4.98. The molecule has 2 nitrogen and oxygen atoms in total. The molecule has 0 saturated heterocycles. The van der Waals surface area contributed by atoms with Gasteiger partial charge in [-0.1, -0.05) is 56.5 Å². The molecule has 0 atom stereocenters. The molecule has 1 aliphatic carbocycles. The van der Waals surface area contributed by atoms with Crippen LogP contribution in [0.1, 0.15) is 45.1 Å². The van der Waals surface area contributed by atoms with E-state index >= 15 is 0 Å². The summed E-state index contributed by atoms with van der Waals surface area (Å²) in [5.74, 6) is -0.742. The number of carboxylic acid groups (broad SMARTS) is 1. The van der Waals surface area contributed by atoms with Crippen molar-refractivity contribution in [3.63, 3.8) is 0 Å². The molecule has 1 aromatic carbocycles. The highest BCUT2D eigenvalue weighted by atomic mass is 35.5. The molecule has 0 aromatic heterocycles. The minimum absolute atomic E-state index is 0.178. The molecule has 0 spiro atoms. The summed E-state index contributed by atoms with van der Waals surface area (Å²) in [6.45, 7) is 4.28. The van der Waals surface area contributed by atoms with E-state index in [-0.39, 0.29) is 5.41 Å². The predicted molar refractivity (Wildman–Crippen MR) is 73.0 cm³/mol. The van der Waals surface area contributed by atoms with Crippen LogP contribution in [0.5, 0.6) is 0 Å². The molecule has 1 N–H and O–H groups in total. The van der Waals surface area contributed by atoms with Crippen LogP contribution in [0.2, 0.25) is 5.02 Å². The Morgan fingerprint density at radius 2 is 1.83 bits per heavy atom. The highest BCUT2D eigenvalue weighted by Gasteiger charge is 2.58. The second-order valence-electron chi connectivity index (χ2n) is 5.43. The lowest BCUT2D eigenvalue weighted by Crippen LogP contribution is -2.54. The molecule has 0 amide bonds. The summed E-state index contributed by atoms with van der Waals surface area (Å²) in [4.78, 5) is 11.7. The smallest absolute Gasteiger partial charge is 0.314 e. The van der Waals surface area contributed by atoms with Crippen LogP contribution in [0.15, 0.2) is 24.3 Å². The van der Waals surface area contributed by atoms with Gasteiger partial charge in [0.15, 0.2) is 0 Å². The van der Waals surface area contributed by atoms with E-state index in [9.17, 15) is 9.90 Å². The van der Waals surface area contributed by atoms with Gasteiger partial charge in [-0.15, -0.1) is 0 Å². The van der Waals surface area contributed by atoms with Crippen molar-refractivity contribution < 1.29 is 9.90 Å². The Kier molecular flexibility index (Phi) is 3.41. The van der Waals surface area contributed by atoms with E-state index in [0.717, 1.165) is 18.4 Å². The van der Waals surface area contributed by atoms with Gasteiger partial charge in [-0.05, 0) is 29.9 Å². The largest absolute Gasteiger partial charge is 0.481 e. The number of benzene rings is 1. The monoisotopic (exact) mass is 266 g/mol. The molecule has 0 radical (unpaired) electrons. The van der Waals surface area contributed by atoms with Crippen molar-refractivity contribution in [2.75, 3.05) is 0 Å². The Balaban J connectivity index is 2.39. The van der Waals surface area contributed by atoms with Crippen molar-refractivity contribution in [1.82, 2.24) is 0 Å². The highest BCUT2D eigenvalue weighted by molar-refractivity contribution is 6.31. The molecule has 1 saturated carbocycles. The van der Waals surface area contributed by atoms with E-state index in [4.69, 9.17) is 11.6 Å². The number of carboxylic acids is 1. The first-order valence-electron chi connectivity index (χ1n) is 6.48. The molecule has 0 heterocycles. The van der Waals surface area contributed by atoms with E-state index in [1.807, 2.05) is 18.2 Å². The van der Waals surface area contributed by atoms with Crippen LogP contribution in [0.4, 0.5) is 0 Å². The standard InChI is InChI=1S/C15H19ClO2/c1-3-14(4-2)9-15(10-14,13(17)18)11-7-5-6-8-12(11)16/h5-8H,3-4,9-10H2,1-2H3,(H,17,18). The zero-order valence-electron chi connectivity index (χ0n) is 10.9. The fraction of sp³-hybridized carbons (Fsp3) is 0.533. The van der Waals surface area contributed by atoms with E-state index < -0.39 is 11.4 Å². The lowest BCUT2D eigenvalue weighted by Gasteiger charge is -2.54. The summed E-state index contributed by atoms with van der Waals surface area (Å²) in [6, 6.07) is 7.34. The summed E-state index contributed by atoms with van der Waals surface area (Å²) < 4.78 is 0. The zero-order valence-corrected chi connectivity index (χ0v) is 11.6. The third-order valence-electron chi connectivity index (χ3n) is 4.65. The van der Waals surface area contributed by atoms with Gasteiger partial charge >= 0.3 is 5.97 Å². The van der Waals surface area contributed by atoms with Gasteiger partial charge < -0.3 is 5.11 Å². The van der Waals surface area contributed by atoms with Crippen LogP contribution in [-0.4, -0.2) is 11.1 Å². The van der Waals surface area contributed by atoms with E-state index in [1.54, 1.807) is 6.07 Å². The number of rotatable bonds is 4. The van der Waals surface area contributed by atoms with Crippen LogP contribution < -0.4 is 0 Å². The van der Waals surface area contributed by atoms with Gasteiger partial charge in [0.05, 0.1) is 5.41 Å². The average molecular weight is 267 g/mol. The summed E-state index contributed by atoms with van der Waals surface area (Å²) in [5.41, 5.74) is 0.179. The Hall–Kier alpha value is -1.02. The molecular formula is C15H19ClO2. The topological polar surface area (TPSA) is 37.3 Å². The lowest BCUT2D eigenvalue weighted by molar-refractivity contribution is -0.155. The third kappa shape index (κ3) is 1.83. The molecule has 98 valence electrons. The minimum atomic E-state index is -0.773. The van der Waals surface area contributed by atoms with Crippen molar-refractivity contribution in [3.8, 4) is 0 Å². The van der Waals surface area contributed by atoms with Crippen LogP contribution >= 0.6 is 11.6 Å². The number of carbonyl (C=O) groups is 1. The van der Waals surface area contributed by atoms with Gasteiger partial charge in [-0.3, -0.25) is 4.79 Å². The molecule has 18 heavy (non-hydrogen) atoms. The molecule has 0 bridgehead atoms. The number of hydrogen-bond donors (Lipinski definition) is 1. The van der Waals surface area contributed by atoms with Crippen molar-refractivity contribution >= 4 is 17.6 Å².